The van der Waals surface area contributed by atoms with Gasteiger partial charge in [0, 0.05) is 40.3 Å². The van der Waals surface area contributed by atoms with Crippen LogP contribution in [0.5, 0.6) is 0 Å². The number of fused-ring (bicyclic) bond motifs is 5. The Morgan fingerprint density at radius 2 is 1.63 bits per heavy atom. The molecule has 0 spiro atoms. The fourth-order valence-electron chi connectivity index (χ4n) is 8.24. The maximum Gasteiger partial charge on any atom is 0.328 e. The first-order chi connectivity index (χ1) is 23.7. The first kappa shape index (κ1) is 32.4. The first-order valence-electron chi connectivity index (χ1n) is 17.4. The molecule has 2 aliphatic carbocycles. The van der Waals surface area contributed by atoms with Crippen molar-refractivity contribution in [3.8, 4) is 11.3 Å². The number of aromatic nitrogens is 1. The Labute approximate surface area is 285 Å². The summed E-state index contributed by atoms with van der Waals surface area (Å²) in [5.74, 6) is -1.96. The number of nitrogens with one attached hydrogen (secondary N) is 2. The monoisotopic (exact) mass is 658 g/mol. The Bertz CT molecular complexity index is 1960. The van der Waals surface area contributed by atoms with Crippen molar-refractivity contribution >= 4 is 46.4 Å². The number of carboxylic acid groups (broad SMARTS) is 1. The smallest absolute Gasteiger partial charge is 0.328 e. The third-order valence-electron chi connectivity index (χ3n) is 10.8. The third-order valence-corrected chi connectivity index (χ3v) is 10.8. The van der Waals surface area contributed by atoms with E-state index in [1.165, 1.54) is 30.9 Å². The molecule has 1 aromatic heterocycles. The number of amides is 3. The van der Waals surface area contributed by atoms with Crippen molar-refractivity contribution in [1.82, 2.24) is 9.88 Å². The van der Waals surface area contributed by atoms with Gasteiger partial charge in [0.1, 0.15) is 5.54 Å². The number of nitrogens with zero attached hydrogens (tertiary/aromatic N) is 1. The van der Waals surface area contributed by atoms with Gasteiger partial charge in [0.25, 0.3) is 5.91 Å². The zero-order valence-corrected chi connectivity index (χ0v) is 27.5. The van der Waals surface area contributed by atoms with Gasteiger partial charge in [-0.3, -0.25) is 14.4 Å². The molecule has 0 bridgehead atoms. The fourth-order valence-corrected chi connectivity index (χ4v) is 8.24. The van der Waals surface area contributed by atoms with E-state index in [9.17, 15) is 19.2 Å². The van der Waals surface area contributed by atoms with Crippen molar-refractivity contribution in [3.63, 3.8) is 0 Å². The van der Waals surface area contributed by atoms with Crippen molar-refractivity contribution in [1.29, 1.82) is 0 Å². The van der Waals surface area contributed by atoms with E-state index >= 15 is 0 Å². The minimum atomic E-state index is -1.06. The molecule has 2 fully saturated rings. The Morgan fingerprint density at radius 3 is 2.35 bits per heavy atom. The minimum absolute atomic E-state index is 0.273. The van der Waals surface area contributed by atoms with Crippen LogP contribution in [0, 0.1) is 5.92 Å². The highest BCUT2D eigenvalue weighted by Crippen LogP contribution is 2.46. The lowest BCUT2D eigenvalue weighted by molar-refractivity contribution is -0.131. The number of hydrogen-bond acceptors (Lipinski definition) is 4. The van der Waals surface area contributed by atoms with Gasteiger partial charge in [0.05, 0.1) is 11.6 Å². The summed E-state index contributed by atoms with van der Waals surface area (Å²) < 4.78 is 2.23. The molecule has 2 saturated carbocycles. The molecule has 3 aromatic carbocycles. The third kappa shape index (κ3) is 6.37. The Kier molecular flexibility index (Phi) is 8.84. The maximum absolute atomic E-state index is 14.1. The molecule has 49 heavy (non-hydrogen) atoms. The van der Waals surface area contributed by atoms with Crippen LogP contribution in [0.4, 0.5) is 5.69 Å². The number of carboxylic acids is 1. The van der Waals surface area contributed by atoms with Crippen molar-refractivity contribution in [2.24, 2.45) is 11.7 Å². The lowest BCUT2D eigenvalue weighted by Gasteiger charge is -2.29. The average molecular weight is 659 g/mol. The minimum Gasteiger partial charge on any atom is -0.478 e. The average Bonchev–Trinajstić information content (AvgIpc) is 3.66. The second-order valence-corrected chi connectivity index (χ2v) is 13.9. The van der Waals surface area contributed by atoms with Gasteiger partial charge in [-0.25, -0.2) is 4.79 Å². The van der Waals surface area contributed by atoms with Crippen molar-refractivity contribution in [2.75, 3.05) is 5.32 Å². The Morgan fingerprint density at radius 1 is 0.898 bits per heavy atom. The van der Waals surface area contributed by atoms with Crippen LogP contribution in [-0.2, 0) is 27.3 Å². The summed E-state index contributed by atoms with van der Waals surface area (Å²) in [6.07, 6.45) is 11.6. The summed E-state index contributed by atoms with van der Waals surface area (Å²) in [6.45, 7) is 0.435. The summed E-state index contributed by atoms with van der Waals surface area (Å²) in [5, 5.41) is 16.1. The molecule has 4 aromatic rings. The van der Waals surface area contributed by atoms with E-state index < -0.39 is 11.5 Å². The van der Waals surface area contributed by atoms with E-state index in [0.29, 0.717) is 48.5 Å². The van der Waals surface area contributed by atoms with Gasteiger partial charge in [-0.15, -0.1) is 0 Å². The predicted molar refractivity (Wildman–Crippen MR) is 190 cm³/mol. The van der Waals surface area contributed by atoms with Crippen LogP contribution in [0.3, 0.4) is 0 Å². The Hall–Kier alpha value is -5.18. The van der Waals surface area contributed by atoms with Gasteiger partial charge < -0.3 is 26.0 Å². The van der Waals surface area contributed by atoms with Crippen LogP contribution in [0.15, 0.2) is 72.8 Å². The van der Waals surface area contributed by atoms with Crippen molar-refractivity contribution < 1.29 is 24.3 Å². The molecule has 1 aliphatic heterocycles. The molecule has 0 saturated heterocycles. The maximum atomic E-state index is 14.1. The number of rotatable bonds is 8. The standard InChI is InChI=1S/C40H42N4O5/c41-37(47)29-22-27-10-4-5-11-31(27)36-35(26-8-2-1-3-9-26)32-18-15-28(23-33(32)44(36)24-29)38(48)43-40(20-6-7-21-40)39(49)42-30-16-12-25(13-17-30)14-19-34(45)46/h4-5,10-19,23,26,29H,1-3,6-9,20-22,24H2,(H2,41,47)(H,42,49)(H,43,48)(H,45,46)/b19-14+. The number of anilines is 1. The zero-order chi connectivity index (χ0) is 34.1. The molecule has 9 nitrogen and oxygen atoms in total. The highest BCUT2D eigenvalue weighted by Gasteiger charge is 2.43. The highest BCUT2D eigenvalue weighted by molar-refractivity contribution is 6.06. The second kappa shape index (κ2) is 13.4. The molecule has 3 amide bonds. The van der Waals surface area contributed by atoms with Crippen LogP contribution in [0.1, 0.15) is 90.8 Å². The SMILES string of the molecule is NC(=O)C1Cc2ccccc2-c2c(C3CCCCC3)c3ccc(C(=O)NC4(C(=O)Nc5ccc(/C=C/C(=O)O)cc5)CCCC4)cc3n2C1. The van der Waals surface area contributed by atoms with E-state index in [-0.39, 0.29) is 23.6 Å². The van der Waals surface area contributed by atoms with Crippen LogP contribution in [-0.4, -0.2) is 38.9 Å². The van der Waals surface area contributed by atoms with Crippen molar-refractivity contribution in [3.05, 3.63) is 95.1 Å². The number of aliphatic carboxylic acids is 1. The fraction of sp³-hybridized carbons (Fsp3) is 0.350. The summed E-state index contributed by atoms with van der Waals surface area (Å²) >= 11 is 0. The molecular formula is C40H42N4O5. The van der Waals surface area contributed by atoms with Gasteiger partial charge in [0.15, 0.2) is 0 Å². The van der Waals surface area contributed by atoms with Gasteiger partial charge >= 0.3 is 5.97 Å². The molecule has 0 radical (unpaired) electrons. The lowest BCUT2D eigenvalue weighted by Crippen LogP contribution is -2.55. The number of primary amides is 1. The lowest BCUT2D eigenvalue weighted by atomic mass is 9.81. The van der Waals surface area contributed by atoms with Gasteiger partial charge in [-0.05, 0) is 85.1 Å². The van der Waals surface area contributed by atoms with Crippen LogP contribution in [0.2, 0.25) is 0 Å². The van der Waals surface area contributed by atoms with Gasteiger partial charge in [0.2, 0.25) is 11.8 Å². The normalized spacial score (nSPS) is 18.8. The molecule has 1 atom stereocenters. The van der Waals surface area contributed by atoms with Crippen LogP contribution < -0.4 is 16.4 Å². The molecule has 7 rings (SSSR count). The topological polar surface area (TPSA) is 144 Å². The summed E-state index contributed by atoms with van der Waals surface area (Å²) in [4.78, 5) is 51.4. The van der Waals surface area contributed by atoms with E-state index in [4.69, 9.17) is 10.8 Å². The van der Waals surface area contributed by atoms with E-state index in [1.807, 2.05) is 24.3 Å². The van der Waals surface area contributed by atoms with E-state index in [1.54, 1.807) is 24.3 Å². The van der Waals surface area contributed by atoms with Gasteiger partial charge in [-0.1, -0.05) is 74.6 Å². The molecule has 2 heterocycles. The number of hydrogen-bond donors (Lipinski definition) is 4. The number of benzene rings is 3. The Balaban J connectivity index is 1.23. The molecule has 252 valence electrons. The van der Waals surface area contributed by atoms with Crippen LogP contribution >= 0.6 is 0 Å². The van der Waals surface area contributed by atoms with E-state index in [0.717, 1.165) is 59.5 Å². The summed E-state index contributed by atoms with van der Waals surface area (Å²) in [6, 6.07) is 21.1. The first-order valence-corrected chi connectivity index (χ1v) is 17.4. The molecule has 5 N–H and O–H groups in total. The number of carbonyl (C=O) groups is 4. The summed E-state index contributed by atoms with van der Waals surface area (Å²) in [7, 11) is 0. The number of carbonyl (C=O) groups excluding carboxylic acids is 3. The largest absolute Gasteiger partial charge is 0.478 e. The van der Waals surface area contributed by atoms with Crippen molar-refractivity contribution in [2.45, 2.75) is 82.2 Å². The highest BCUT2D eigenvalue weighted by atomic mass is 16.4. The quantitative estimate of drug-likeness (QED) is 0.154. The summed E-state index contributed by atoms with van der Waals surface area (Å²) in [5.41, 5.74) is 12.2. The second-order valence-electron chi connectivity index (χ2n) is 13.9. The molecule has 9 heteroatoms. The zero-order valence-electron chi connectivity index (χ0n) is 27.5. The van der Waals surface area contributed by atoms with E-state index in [2.05, 4.69) is 33.4 Å². The predicted octanol–water partition coefficient (Wildman–Crippen LogP) is 6.79. The molecular weight excluding hydrogens is 616 g/mol. The molecule has 1 unspecified atom stereocenters. The van der Waals surface area contributed by atoms with Gasteiger partial charge in [-0.2, -0.15) is 0 Å². The number of nitrogens with two attached hydrogens (primary N) is 1. The molecule has 3 aliphatic rings. The van der Waals surface area contributed by atoms with Crippen LogP contribution in [0.25, 0.3) is 28.2 Å².